The molecule has 3 saturated carbocycles. The maximum Gasteiger partial charge on any atom is 0.482 e. The smallest absolute Gasteiger partial charge is 0.482 e. The summed E-state index contributed by atoms with van der Waals surface area (Å²) in [6.45, 7) is 17.5. The molecular weight excluding hydrogens is 923 g/mol. The molecule has 69 heavy (non-hydrogen) atoms. The lowest BCUT2D eigenvalue weighted by atomic mass is 9.43. The molecule has 2 aromatic rings. The Bertz CT molecular complexity index is 2360. The van der Waals surface area contributed by atoms with Gasteiger partial charge in [0.2, 0.25) is 5.91 Å². The maximum atomic E-state index is 15.9. The zero-order chi connectivity index (χ0) is 50.7. The summed E-state index contributed by atoms with van der Waals surface area (Å²) in [5.74, 6) is -5.16. The van der Waals surface area contributed by atoms with Crippen LogP contribution in [0.5, 0.6) is 17.2 Å². The van der Waals surface area contributed by atoms with E-state index in [9.17, 15) is 19.2 Å². The average molecular weight is 988 g/mol. The number of piperidine rings is 1. The van der Waals surface area contributed by atoms with Crippen LogP contribution in [0.25, 0.3) is 0 Å². The fourth-order valence-corrected chi connectivity index (χ4v) is 11.1. The lowest BCUT2D eigenvalue weighted by molar-refractivity contribution is -0.199. The highest BCUT2D eigenvalue weighted by Crippen LogP contribution is 2.66. The van der Waals surface area contributed by atoms with Gasteiger partial charge in [-0.15, -0.1) is 0 Å². The predicted molar refractivity (Wildman–Crippen MR) is 249 cm³/mol. The summed E-state index contributed by atoms with van der Waals surface area (Å²) in [6.07, 6.45) is 1.52. The van der Waals surface area contributed by atoms with Gasteiger partial charge < -0.3 is 53.4 Å². The van der Waals surface area contributed by atoms with E-state index in [4.69, 9.17) is 44.6 Å². The number of hydrogen-bond donors (Lipinski definition) is 2. The number of methoxy groups -OCH3 is 3. The molecule has 8 rings (SSSR count). The largest absolute Gasteiger partial charge is 0.495 e. The summed E-state index contributed by atoms with van der Waals surface area (Å²) in [5, 5.41) is 5.34. The van der Waals surface area contributed by atoms with Crippen LogP contribution in [0.1, 0.15) is 116 Å². The van der Waals surface area contributed by atoms with E-state index in [1.807, 2.05) is 6.92 Å². The van der Waals surface area contributed by atoms with Crippen molar-refractivity contribution in [2.45, 2.75) is 135 Å². The number of urea groups is 2. The van der Waals surface area contributed by atoms with Crippen LogP contribution in [0.2, 0.25) is 5.02 Å². The first-order valence-corrected chi connectivity index (χ1v) is 23.8. The molecule has 3 heterocycles. The van der Waals surface area contributed by atoms with Gasteiger partial charge >= 0.3 is 31.2 Å². The van der Waals surface area contributed by atoms with Crippen molar-refractivity contribution in [1.82, 2.24) is 25.3 Å². The molecule has 2 aromatic carbocycles. The van der Waals surface area contributed by atoms with Gasteiger partial charge in [0.1, 0.15) is 34.4 Å². The van der Waals surface area contributed by atoms with Gasteiger partial charge in [0.15, 0.2) is 17.3 Å². The van der Waals surface area contributed by atoms with E-state index in [1.54, 1.807) is 51.3 Å². The topological polar surface area (TPSA) is 184 Å². The Hall–Kier alpha value is -5.08. The van der Waals surface area contributed by atoms with E-state index in [2.05, 4.69) is 24.5 Å². The fraction of sp³-hybridized carbons (Fsp3) is 0.646. The minimum absolute atomic E-state index is 0.0471. The lowest BCUT2D eigenvalue weighted by Gasteiger charge is -2.64. The van der Waals surface area contributed by atoms with Crippen molar-refractivity contribution in [2.75, 3.05) is 47.5 Å². The molecule has 6 aliphatic rings. The van der Waals surface area contributed by atoms with Crippen LogP contribution in [-0.4, -0.2) is 134 Å². The predicted octanol–water partition coefficient (Wildman–Crippen LogP) is 7.48. The molecular formula is C48H65BClF2N5O12. The second-order valence-electron chi connectivity index (χ2n) is 21.3. The molecule has 0 radical (unpaired) electrons. The number of imide groups is 1. The van der Waals surface area contributed by atoms with Crippen molar-refractivity contribution in [2.24, 2.45) is 17.3 Å². The van der Waals surface area contributed by atoms with E-state index in [1.165, 1.54) is 27.4 Å². The summed E-state index contributed by atoms with van der Waals surface area (Å²) < 4.78 is 72.5. The molecule has 3 aliphatic carbocycles. The third-order valence-electron chi connectivity index (χ3n) is 14.3. The van der Waals surface area contributed by atoms with Crippen LogP contribution >= 0.6 is 11.6 Å². The van der Waals surface area contributed by atoms with Crippen LogP contribution < -0.4 is 24.8 Å². The highest BCUT2D eigenvalue weighted by Gasteiger charge is 2.68. The van der Waals surface area contributed by atoms with Gasteiger partial charge in [0, 0.05) is 37.8 Å². The zero-order valence-corrected chi connectivity index (χ0v) is 42.3. The standard InChI is InChI=1S/C48H65BClF2N5O12/c1-45(2,3)66-41(59)34-29(51)14-13-25(37(34)63-10)21-33(49-68-32-23-26-22-31(47(26,7)8)48(32,9)69-49)53-40(58)36(28-24-30(52)38(64-11)39(65-12)35(28)50)54-42(60)57-20-19-56(43(57)61)27-15-17-55(18-16-27)44(62)67-46(4,5)6/h13-14,24,26-27,31-33,36H,15-23H2,1-12H3,(H,53,58)(H,54,60)/t26-,31-,32+,33?,36?,48-/m0/s1. The van der Waals surface area contributed by atoms with Crippen molar-refractivity contribution < 1.29 is 65.7 Å². The van der Waals surface area contributed by atoms with E-state index < -0.39 is 83.1 Å². The third-order valence-corrected chi connectivity index (χ3v) is 14.7. The van der Waals surface area contributed by atoms with Gasteiger partial charge in [-0.2, -0.15) is 0 Å². The first kappa shape index (κ1) is 51.8. The van der Waals surface area contributed by atoms with Gasteiger partial charge in [-0.3, -0.25) is 4.79 Å². The Morgan fingerprint density at radius 3 is 2.10 bits per heavy atom. The Morgan fingerprint density at radius 1 is 0.870 bits per heavy atom. The normalized spacial score (nSPS) is 24.2. The van der Waals surface area contributed by atoms with Gasteiger partial charge in [-0.1, -0.05) is 31.5 Å². The molecule has 17 nitrogen and oxygen atoms in total. The molecule has 2 bridgehead atoms. The minimum atomic E-state index is -1.79. The molecule has 3 saturated heterocycles. The molecule has 2 N–H and O–H groups in total. The number of likely N-dealkylation sites (tertiary alicyclic amines) is 1. The number of carbonyl (C=O) groups is 5. The number of nitrogens with one attached hydrogen (secondary N) is 2. The SMILES string of the molecule is COc1c(F)cc(C(NC(=O)N2CCN(C3CCN(C(=O)OC(C)(C)C)CC3)C2=O)C(=O)NC(Cc2ccc(F)c(C(=O)OC(C)(C)C)c2OC)B2O[C@@H]3C[C@@H]4C[C@@H](C4(C)C)[C@]3(C)O2)c(Cl)c1OC. The van der Waals surface area contributed by atoms with Crippen LogP contribution in [0.4, 0.5) is 23.2 Å². The number of benzene rings is 2. The summed E-state index contributed by atoms with van der Waals surface area (Å²) >= 11 is 6.88. The maximum absolute atomic E-state index is 15.9. The second kappa shape index (κ2) is 19.3. The van der Waals surface area contributed by atoms with Gasteiger partial charge in [0.05, 0.1) is 44.0 Å². The fourth-order valence-electron chi connectivity index (χ4n) is 10.7. The van der Waals surface area contributed by atoms with Gasteiger partial charge in [0.25, 0.3) is 0 Å². The van der Waals surface area contributed by atoms with Crippen LogP contribution in [-0.2, 0) is 30.0 Å². The number of carbonyl (C=O) groups excluding carboxylic acids is 5. The van der Waals surface area contributed by atoms with Crippen molar-refractivity contribution in [3.63, 3.8) is 0 Å². The number of rotatable bonds is 12. The average Bonchev–Trinajstić information content (AvgIpc) is 3.84. The number of nitrogens with zero attached hydrogens (tertiary/aromatic N) is 3. The molecule has 3 aliphatic heterocycles. The van der Waals surface area contributed by atoms with E-state index in [-0.39, 0.29) is 76.4 Å². The Labute approximate surface area is 407 Å². The van der Waals surface area contributed by atoms with Gasteiger partial charge in [-0.05, 0) is 116 Å². The van der Waals surface area contributed by atoms with Crippen molar-refractivity contribution in [3.8, 4) is 17.2 Å². The molecule has 378 valence electrons. The number of esters is 1. The highest BCUT2D eigenvalue weighted by atomic mass is 35.5. The Kier molecular flexibility index (Phi) is 14.5. The number of amides is 6. The molecule has 6 amide bonds. The molecule has 6 fully saturated rings. The summed E-state index contributed by atoms with van der Waals surface area (Å²) in [6, 6.07) is -0.247. The molecule has 0 spiro atoms. The Balaban J connectivity index is 1.21. The van der Waals surface area contributed by atoms with Gasteiger partial charge in [-0.25, -0.2) is 32.9 Å². The van der Waals surface area contributed by atoms with E-state index in [0.717, 1.165) is 23.5 Å². The lowest BCUT2D eigenvalue weighted by Crippen LogP contribution is -2.65. The van der Waals surface area contributed by atoms with Crippen molar-refractivity contribution >= 4 is 48.8 Å². The Morgan fingerprint density at radius 2 is 1.51 bits per heavy atom. The zero-order valence-electron chi connectivity index (χ0n) is 41.5. The van der Waals surface area contributed by atoms with E-state index >= 15 is 13.6 Å². The third kappa shape index (κ3) is 10.1. The highest BCUT2D eigenvalue weighted by molar-refractivity contribution is 6.48. The summed E-state index contributed by atoms with van der Waals surface area (Å²) in [7, 11) is 2.58. The first-order chi connectivity index (χ1) is 32.2. The van der Waals surface area contributed by atoms with Crippen molar-refractivity contribution in [1.29, 1.82) is 0 Å². The van der Waals surface area contributed by atoms with Crippen LogP contribution in [0, 0.1) is 28.9 Å². The van der Waals surface area contributed by atoms with E-state index in [0.29, 0.717) is 38.3 Å². The minimum Gasteiger partial charge on any atom is -0.495 e. The summed E-state index contributed by atoms with van der Waals surface area (Å²) in [5.41, 5.74) is -2.88. The summed E-state index contributed by atoms with van der Waals surface area (Å²) in [4.78, 5) is 73.8. The molecule has 21 heteroatoms. The number of hydrogen-bond acceptors (Lipinski definition) is 12. The van der Waals surface area contributed by atoms with Crippen LogP contribution in [0.15, 0.2) is 18.2 Å². The monoisotopic (exact) mass is 987 g/mol. The first-order valence-electron chi connectivity index (χ1n) is 23.4. The molecule has 6 atom stereocenters. The van der Waals surface area contributed by atoms with Crippen LogP contribution in [0.3, 0.4) is 0 Å². The number of halogens is 3. The van der Waals surface area contributed by atoms with Crippen molar-refractivity contribution in [3.05, 3.63) is 51.5 Å². The number of ether oxygens (including phenoxy) is 5. The second-order valence-corrected chi connectivity index (χ2v) is 21.7. The molecule has 2 unspecified atom stereocenters. The molecule has 0 aromatic heterocycles. The quantitative estimate of drug-likeness (QED) is 0.158.